The summed E-state index contributed by atoms with van der Waals surface area (Å²) < 4.78 is 34.5. The molecule has 1 fully saturated rings. The van der Waals surface area contributed by atoms with Crippen molar-refractivity contribution in [1.29, 1.82) is 0 Å². The van der Waals surface area contributed by atoms with Crippen molar-refractivity contribution in [3.8, 4) is 17.1 Å². The van der Waals surface area contributed by atoms with Gasteiger partial charge >= 0.3 is 5.97 Å². The fraction of sp³-hybridized carbons (Fsp3) is 0.370. The number of hydrogen-bond acceptors (Lipinski definition) is 7. The topological polar surface area (TPSA) is 144 Å². The van der Waals surface area contributed by atoms with Crippen LogP contribution in [0.2, 0.25) is 0 Å². The third-order valence-corrected chi connectivity index (χ3v) is 8.04. The van der Waals surface area contributed by atoms with E-state index in [-0.39, 0.29) is 52.8 Å². The monoisotopic (exact) mass is 560 g/mol. The van der Waals surface area contributed by atoms with Crippen molar-refractivity contribution in [1.82, 2.24) is 9.97 Å². The Bertz CT molecular complexity index is 1420. The number of carboxylic acids is 1. The minimum absolute atomic E-state index is 0. The molecule has 2 aromatic carbocycles. The minimum Gasteiger partial charge on any atom is -0.478 e. The molecule has 1 heterocycles. The maximum absolute atomic E-state index is 13.1. The number of carboxylic acid groups (broad SMARTS) is 1. The van der Waals surface area contributed by atoms with Gasteiger partial charge in [0.05, 0.1) is 16.2 Å². The number of rotatable bonds is 9. The van der Waals surface area contributed by atoms with E-state index in [9.17, 15) is 18.3 Å². The highest BCUT2D eigenvalue weighted by atomic mass is 35.5. The molecule has 0 saturated heterocycles. The molecular weight excluding hydrogens is 528 g/mol. The molecule has 11 heteroatoms. The normalized spacial score (nSPS) is 15.6. The smallest absolute Gasteiger partial charge is 0.335 e. The molecule has 204 valence electrons. The summed E-state index contributed by atoms with van der Waals surface area (Å²) in [5.74, 6) is -0.866. The predicted molar refractivity (Wildman–Crippen MR) is 148 cm³/mol. The fourth-order valence-corrected chi connectivity index (χ4v) is 5.84. The van der Waals surface area contributed by atoms with Crippen LogP contribution in [0.1, 0.15) is 48.2 Å². The zero-order chi connectivity index (χ0) is 27.0. The van der Waals surface area contributed by atoms with Gasteiger partial charge in [-0.2, -0.15) is 4.98 Å². The number of sulfonamides is 1. The average Bonchev–Trinajstić information content (AvgIpc) is 2.80. The first-order chi connectivity index (χ1) is 17.3. The Morgan fingerprint density at radius 2 is 1.76 bits per heavy atom. The van der Waals surface area contributed by atoms with Gasteiger partial charge in [0.2, 0.25) is 11.8 Å². The molecular formula is C27H33ClN4O5S. The van der Waals surface area contributed by atoms with Crippen LogP contribution in [0.25, 0.3) is 11.3 Å². The van der Waals surface area contributed by atoms with Gasteiger partial charge in [-0.15, -0.1) is 12.4 Å². The lowest BCUT2D eigenvalue weighted by molar-refractivity contribution is 0.0598. The Kier molecular flexibility index (Phi) is 8.70. The standard InChI is InChI=1S/C27H32N4O5S.ClH/c1-16-7-5-8-17(2)24(16)22-12-23(36-15-21(28)19-13-27(3,4)14-19)30-26(29-22)31-37(34,35)20-10-6-9-18(11-20)25(32)33;/h5-12,19,21H,13-15,28H2,1-4H3,(H,32,33)(H,29,30,31);1H. The summed E-state index contributed by atoms with van der Waals surface area (Å²) >= 11 is 0. The van der Waals surface area contributed by atoms with Crippen molar-refractivity contribution in [2.75, 3.05) is 11.3 Å². The van der Waals surface area contributed by atoms with Crippen LogP contribution in [-0.2, 0) is 10.0 Å². The predicted octanol–water partition coefficient (Wildman–Crippen LogP) is 4.82. The number of aromatic nitrogens is 2. The Morgan fingerprint density at radius 3 is 2.37 bits per heavy atom. The van der Waals surface area contributed by atoms with Gasteiger partial charge < -0.3 is 15.6 Å². The third kappa shape index (κ3) is 6.61. The third-order valence-electron chi connectivity index (χ3n) is 6.72. The minimum atomic E-state index is -4.18. The molecule has 0 aliphatic heterocycles. The number of nitrogens with two attached hydrogens (primary N) is 1. The number of hydrogen-bond donors (Lipinski definition) is 3. The van der Waals surface area contributed by atoms with Crippen LogP contribution in [0.3, 0.4) is 0 Å². The number of ether oxygens (including phenoxy) is 1. The molecule has 1 saturated carbocycles. The first-order valence-electron chi connectivity index (χ1n) is 12.0. The van der Waals surface area contributed by atoms with Crippen molar-refractivity contribution in [2.24, 2.45) is 17.1 Å². The summed E-state index contributed by atoms with van der Waals surface area (Å²) in [7, 11) is -4.18. The second kappa shape index (κ2) is 11.3. The van der Waals surface area contributed by atoms with Crippen molar-refractivity contribution in [3.05, 3.63) is 65.2 Å². The van der Waals surface area contributed by atoms with E-state index >= 15 is 0 Å². The van der Waals surface area contributed by atoms with Gasteiger partial charge in [-0.05, 0) is 67.3 Å². The highest BCUT2D eigenvalue weighted by molar-refractivity contribution is 7.92. The SMILES string of the molecule is Cc1cccc(C)c1-c1cc(OCC(N)C2CC(C)(C)C2)nc(NS(=O)(=O)c2cccc(C(=O)O)c2)n1.Cl. The van der Waals surface area contributed by atoms with Gasteiger partial charge in [0.15, 0.2) is 0 Å². The number of benzene rings is 2. The van der Waals surface area contributed by atoms with E-state index in [1.54, 1.807) is 6.07 Å². The first kappa shape index (κ1) is 29.3. The number of anilines is 1. The highest BCUT2D eigenvalue weighted by Crippen LogP contribution is 2.46. The maximum atomic E-state index is 13.1. The molecule has 1 aliphatic carbocycles. The Balaban J connectivity index is 0.00000400. The van der Waals surface area contributed by atoms with Crippen LogP contribution < -0.4 is 15.2 Å². The molecule has 1 aliphatic rings. The number of nitrogens with one attached hydrogen (secondary N) is 1. The highest BCUT2D eigenvalue weighted by Gasteiger charge is 2.39. The van der Waals surface area contributed by atoms with Crippen molar-refractivity contribution in [2.45, 2.75) is 51.5 Å². The molecule has 38 heavy (non-hydrogen) atoms. The second-order valence-corrected chi connectivity index (χ2v) is 12.1. The Morgan fingerprint density at radius 1 is 1.13 bits per heavy atom. The van der Waals surface area contributed by atoms with Crippen LogP contribution in [-0.4, -0.2) is 42.1 Å². The van der Waals surface area contributed by atoms with Crippen molar-refractivity contribution in [3.63, 3.8) is 0 Å². The molecule has 4 N–H and O–H groups in total. The maximum Gasteiger partial charge on any atom is 0.335 e. The summed E-state index contributed by atoms with van der Waals surface area (Å²) in [6.45, 7) is 8.55. The van der Waals surface area contributed by atoms with Crippen molar-refractivity contribution < 1.29 is 23.1 Å². The summed E-state index contributed by atoms with van der Waals surface area (Å²) in [4.78, 5) is 19.9. The summed E-state index contributed by atoms with van der Waals surface area (Å²) in [6.07, 6.45) is 2.05. The lowest BCUT2D eigenvalue weighted by atomic mass is 9.62. The van der Waals surface area contributed by atoms with E-state index in [0.29, 0.717) is 11.6 Å². The quantitative estimate of drug-likeness (QED) is 0.337. The average molecular weight is 561 g/mol. The second-order valence-electron chi connectivity index (χ2n) is 10.4. The first-order valence-corrected chi connectivity index (χ1v) is 13.5. The van der Waals surface area contributed by atoms with Crippen molar-refractivity contribution >= 4 is 34.3 Å². The summed E-state index contributed by atoms with van der Waals surface area (Å²) in [6, 6.07) is 12.4. The zero-order valence-corrected chi connectivity index (χ0v) is 23.4. The molecule has 0 spiro atoms. The summed E-state index contributed by atoms with van der Waals surface area (Å²) in [5, 5.41) is 9.24. The molecule has 1 aromatic heterocycles. The largest absolute Gasteiger partial charge is 0.478 e. The molecule has 4 rings (SSSR count). The lowest BCUT2D eigenvalue weighted by Gasteiger charge is -2.45. The molecule has 9 nitrogen and oxygen atoms in total. The molecule has 1 atom stereocenters. The van der Waals surface area contributed by atoms with Crippen LogP contribution in [0.15, 0.2) is 53.4 Å². The number of carbonyl (C=O) groups is 1. The van der Waals surface area contributed by atoms with Gasteiger partial charge in [0, 0.05) is 17.7 Å². The van der Waals surface area contributed by atoms with E-state index in [0.717, 1.165) is 35.6 Å². The number of aromatic carboxylic acids is 1. The molecule has 1 unspecified atom stereocenters. The lowest BCUT2D eigenvalue weighted by Crippen LogP contribution is -2.46. The van der Waals surface area contributed by atoms with Crippen LogP contribution in [0, 0.1) is 25.2 Å². The van der Waals surface area contributed by atoms with E-state index < -0.39 is 16.0 Å². The molecule has 3 aromatic rings. The number of nitrogens with zero attached hydrogens (tertiary/aromatic N) is 2. The molecule has 0 amide bonds. The van der Waals surface area contributed by atoms with Gasteiger partial charge in [0.25, 0.3) is 10.0 Å². The fourth-order valence-electron chi connectivity index (χ4n) is 4.85. The summed E-state index contributed by atoms with van der Waals surface area (Å²) in [5.41, 5.74) is 9.77. The zero-order valence-electron chi connectivity index (χ0n) is 21.8. The number of halogens is 1. The van der Waals surface area contributed by atoms with Crippen LogP contribution >= 0.6 is 12.4 Å². The van der Waals surface area contributed by atoms with Gasteiger partial charge in [-0.3, -0.25) is 0 Å². The van der Waals surface area contributed by atoms with E-state index in [1.807, 2.05) is 32.0 Å². The Hall–Kier alpha value is -3.21. The van der Waals surface area contributed by atoms with Gasteiger partial charge in [-0.25, -0.2) is 22.9 Å². The molecule has 0 bridgehead atoms. The number of aryl methyl sites for hydroxylation is 2. The van der Waals surface area contributed by atoms with E-state index in [2.05, 4.69) is 28.5 Å². The van der Waals surface area contributed by atoms with E-state index in [4.69, 9.17) is 10.5 Å². The van der Waals surface area contributed by atoms with Crippen LogP contribution in [0.4, 0.5) is 5.95 Å². The van der Waals surface area contributed by atoms with Crippen LogP contribution in [0.5, 0.6) is 5.88 Å². The van der Waals surface area contributed by atoms with Gasteiger partial charge in [-0.1, -0.05) is 38.1 Å². The molecule has 0 radical (unpaired) electrons. The van der Waals surface area contributed by atoms with Gasteiger partial charge in [0.1, 0.15) is 6.61 Å². The Labute approximate surface area is 229 Å². The van der Waals surface area contributed by atoms with E-state index in [1.165, 1.54) is 18.2 Å².